The number of carbonyl (C=O) groups excluding carboxylic acids is 1. The fourth-order valence-corrected chi connectivity index (χ4v) is 0.933. The summed E-state index contributed by atoms with van der Waals surface area (Å²) in [4.78, 5) is 19.9. The Labute approximate surface area is 78.9 Å². The van der Waals surface area contributed by atoms with Gasteiger partial charge in [-0.05, 0) is 6.07 Å². The van der Waals surface area contributed by atoms with Crippen molar-refractivity contribution in [3.05, 3.63) is 33.9 Å². The molecule has 14 heavy (non-hydrogen) atoms. The number of nitro groups is 1. The highest BCUT2D eigenvalue weighted by Crippen LogP contribution is 2.19. The molecule has 0 bridgehead atoms. The van der Waals surface area contributed by atoms with E-state index in [9.17, 15) is 14.9 Å². The molecule has 0 aliphatic heterocycles. The number of amides is 1. The first kappa shape index (κ1) is 9.67. The van der Waals surface area contributed by atoms with E-state index in [0.29, 0.717) is 6.41 Å². The van der Waals surface area contributed by atoms with Gasteiger partial charge in [-0.1, -0.05) is 0 Å². The molecule has 6 nitrogen and oxygen atoms in total. The van der Waals surface area contributed by atoms with Crippen LogP contribution in [-0.4, -0.2) is 11.3 Å². The third-order valence-corrected chi connectivity index (χ3v) is 1.48. The van der Waals surface area contributed by atoms with Gasteiger partial charge in [-0.25, -0.2) is 0 Å². The van der Waals surface area contributed by atoms with Gasteiger partial charge in [0.15, 0.2) is 0 Å². The highest BCUT2D eigenvalue weighted by Gasteiger charge is 2.08. The summed E-state index contributed by atoms with van der Waals surface area (Å²) in [5.74, 6) is 0. The number of anilines is 1. The molecule has 6 heteroatoms. The molecule has 0 saturated heterocycles. The Balaban J connectivity index is 3.21. The molecule has 0 spiro atoms. The first-order chi connectivity index (χ1) is 6.67. The Kier molecular flexibility index (Phi) is 2.76. The van der Waals surface area contributed by atoms with E-state index in [1.54, 1.807) is 6.07 Å². The van der Waals surface area contributed by atoms with E-state index < -0.39 is 4.92 Å². The van der Waals surface area contributed by atoms with Crippen LogP contribution in [0.5, 0.6) is 0 Å². The molecule has 0 radical (unpaired) electrons. The molecule has 0 aliphatic carbocycles. The van der Waals surface area contributed by atoms with Crippen LogP contribution in [0.15, 0.2) is 18.2 Å². The number of nitro benzene ring substituents is 1. The number of carbonyl (C=O) groups is 1. The summed E-state index contributed by atoms with van der Waals surface area (Å²) in [6.07, 6.45) is 0.389. The predicted octanol–water partition coefficient (Wildman–Crippen LogP) is 1.03. The molecule has 1 N–H and O–H groups in total. The van der Waals surface area contributed by atoms with Gasteiger partial charge in [0.1, 0.15) is 0 Å². The number of nitrogens with zero attached hydrogens (tertiary/aromatic N) is 2. The quantitative estimate of drug-likeness (QED) is 0.438. The summed E-state index contributed by atoms with van der Waals surface area (Å²) in [6.45, 7) is 0. The van der Waals surface area contributed by atoms with E-state index in [1.807, 2.05) is 0 Å². The average Bonchev–Trinajstić information content (AvgIpc) is 2.17. The van der Waals surface area contributed by atoms with Gasteiger partial charge >= 0.3 is 0 Å². The van der Waals surface area contributed by atoms with Crippen molar-refractivity contribution in [3.63, 3.8) is 0 Å². The van der Waals surface area contributed by atoms with Gasteiger partial charge < -0.3 is 5.32 Å². The molecule has 1 aromatic carbocycles. The number of nitriles is 1. The van der Waals surface area contributed by atoms with E-state index in [-0.39, 0.29) is 16.9 Å². The summed E-state index contributed by atoms with van der Waals surface area (Å²) < 4.78 is 0. The zero-order valence-electron chi connectivity index (χ0n) is 6.93. The molecule has 0 heterocycles. The minimum atomic E-state index is -0.628. The van der Waals surface area contributed by atoms with E-state index in [0.717, 1.165) is 6.07 Å². The van der Waals surface area contributed by atoms with Crippen molar-refractivity contribution in [1.29, 1.82) is 5.26 Å². The third-order valence-electron chi connectivity index (χ3n) is 1.48. The van der Waals surface area contributed by atoms with E-state index in [1.165, 1.54) is 12.1 Å². The van der Waals surface area contributed by atoms with Gasteiger partial charge in [0, 0.05) is 17.8 Å². The van der Waals surface area contributed by atoms with Gasteiger partial charge in [-0.3, -0.25) is 14.9 Å². The lowest BCUT2D eigenvalue weighted by Crippen LogP contribution is -1.96. The Morgan fingerprint density at radius 3 is 2.71 bits per heavy atom. The molecular weight excluding hydrogens is 186 g/mol. The van der Waals surface area contributed by atoms with Crippen LogP contribution in [0, 0.1) is 21.4 Å². The maximum absolute atomic E-state index is 10.4. The summed E-state index contributed by atoms with van der Waals surface area (Å²) in [5, 5.41) is 21.2. The molecule has 0 aliphatic rings. The number of rotatable bonds is 3. The van der Waals surface area contributed by atoms with Crippen LogP contribution in [-0.2, 0) is 4.79 Å². The van der Waals surface area contributed by atoms with Crippen molar-refractivity contribution >= 4 is 17.8 Å². The molecule has 0 fully saturated rings. The van der Waals surface area contributed by atoms with Crippen molar-refractivity contribution in [3.8, 4) is 6.07 Å². The Morgan fingerprint density at radius 2 is 2.21 bits per heavy atom. The molecular formula is C8H5N3O3. The molecule has 0 saturated carbocycles. The van der Waals surface area contributed by atoms with Crippen LogP contribution in [0.4, 0.5) is 11.4 Å². The van der Waals surface area contributed by atoms with E-state index >= 15 is 0 Å². The van der Waals surface area contributed by atoms with Crippen molar-refractivity contribution in [2.75, 3.05) is 5.32 Å². The number of hydrogen-bond acceptors (Lipinski definition) is 4. The lowest BCUT2D eigenvalue weighted by molar-refractivity contribution is -0.384. The van der Waals surface area contributed by atoms with Crippen LogP contribution in [0.25, 0.3) is 0 Å². The predicted molar refractivity (Wildman–Crippen MR) is 47.5 cm³/mol. The van der Waals surface area contributed by atoms with E-state index in [4.69, 9.17) is 5.26 Å². The van der Waals surface area contributed by atoms with Crippen LogP contribution >= 0.6 is 0 Å². The average molecular weight is 191 g/mol. The minimum absolute atomic E-state index is 0.128. The van der Waals surface area contributed by atoms with Crippen LogP contribution in [0.3, 0.4) is 0 Å². The van der Waals surface area contributed by atoms with Gasteiger partial charge in [0.25, 0.3) is 5.69 Å². The summed E-state index contributed by atoms with van der Waals surface area (Å²) >= 11 is 0. The van der Waals surface area contributed by atoms with Crippen LogP contribution < -0.4 is 5.32 Å². The maximum Gasteiger partial charge on any atom is 0.272 e. The normalized spacial score (nSPS) is 8.79. The summed E-state index contributed by atoms with van der Waals surface area (Å²) in [5.41, 5.74) is 0.128. The lowest BCUT2D eigenvalue weighted by Gasteiger charge is -1.98. The molecule has 0 aromatic heterocycles. The first-order valence-corrected chi connectivity index (χ1v) is 3.57. The number of hydrogen-bond donors (Lipinski definition) is 1. The maximum atomic E-state index is 10.4. The topological polar surface area (TPSA) is 96.0 Å². The SMILES string of the molecule is N#Cc1cc(NC=O)cc([N+](=O)[O-])c1. The largest absolute Gasteiger partial charge is 0.328 e. The zero-order chi connectivity index (χ0) is 10.6. The Morgan fingerprint density at radius 1 is 1.50 bits per heavy atom. The lowest BCUT2D eigenvalue weighted by atomic mass is 10.2. The smallest absolute Gasteiger partial charge is 0.272 e. The van der Waals surface area contributed by atoms with Gasteiger partial charge in [-0.2, -0.15) is 5.26 Å². The van der Waals surface area contributed by atoms with E-state index in [2.05, 4.69) is 5.32 Å². The second-order valence-corrected chi connectivity index (χ2v) is 2.40. The molecule has 1 rings (SSSR count). The molecule has 0 atom stereocenters. The van der Waals surface area contributed by atoms with Gasteiger partial charge in [0.05, 0.1) is 16.6 Å². The molecule has 1 amide bonds. The van der Waals surface area contributed by atoms with Gasteiger partial charge in [0.2, 0.25) is 6.41 Å². The number of non-ortho nitro benzene ring substituents is 1. The van der Waals surface area contributed by atoms with Crippen molar-refractivity contribution in [1.82, 2.24) is 0 Å². The third kappa shape index (κ3) is 2.04. The van der Waals surface area contributed by atoms with Crippen molar-refractivity contribution < 1.29 is 9.72 Å². The molecule has 70 valence electrons. The Bertz CT molecular complexity index is 422. The molecule has 0 unspecified atom stereocenters. The van der Waals surface area contributed by atoms with Crippen molar-refractivity contribution in [2.24, 2.45) is 0 Å². The summed E-state index contributed by atoms with van der Waals surface area (Å²) in [7, 11) is 0. The number of benzene rings is 1. The van der Waals surface area contributed by atoms with Crippen molar-refractivity contribution in [2.45, 2.75) is 0 Å². The fourth-order valence-electron chi connectivity index (χ4n) is 0.933. The monoisotopic (exact) mass is 191 g/mol. The zero-order valence-corrected chi connectivity index (χ0v) is 6.93. The highest BCUT2D eigenvalue weighted by atomic mass is 16.6. The highest BCUT2D eigenvalue weighted by molar-refractivity contribution is 5.73. The first-order valence-electron chi connectivity index (χ1n) is 3.57. The minimum Gasteiger partial charge on any atom is -0.328 e. The molecule has 1 aromatic rings. The second kappa shape index (κ2) is 4.00. The Hall–Kier alpha value is -2.42. The summed E-state index contributed by atoms with van der Waals surface area (Å²) in [6, 6.07) is 5.42. The van der Waals surface area contributed by atoms with Crippen LogP contribution in [0.2, 0.25) is 0 Å². The second-order valence-electron chi connectivity index (χ2n) is 2.40. The van der Waals surface area contributed by atoms with Gasteiger partial charge in [-0.15, -0.1) is 0 Å². The number of nitrogens with one attached hydrogen (secondary N) is 1. The fraction of sp³-hybridized carbons (Fsp3) is 0. The standard InChI is InChI=1S/C8H5N3O3/c9-4-6-1-7(10-5-12)3-8(2-6)11(13)14/h1-3,5H,(H,10,12). The van der Waals surface area contributed by atoms with Crippen LogP contribution in [0.1, 0.15) is 5.56 Å².